The van der Waals surface area contributed by atoms with Gasteiger partial charge in [-0.3, -0.25) is 0 Å². The van der Waals surface area contributed by atoms with Gasteiger partial charge in [0.1, 0.15) is 11.6 Å². The zero-order valence-electron chi connectivity index (χ0n) is 10.4. The normalized spacial score (nSPS) is 12.6. The predicted octanol–water partition coefficient (Wildman–Crippen LogP) is 3.68. The van der Waals surface area contributed by atoms with Crippen molar-refractivity contribution in [2.75, 3.05) is 11.9 Å². The minimum absolute atomic E-state index is 0.272. The fourth-order valence-corrected chi connectivity index (χ4v) is 1.30. The smallest absolute Gasteiger partial charge is 0.145 e. The number of nitrogens with one attached hydrogen (secondary N) is 1. The molecule has 0 radical (unpaired) electrons. The summed E-state index contributed by atoms with van der Waals surface area (Å²) in [5.74, 6) is 0.820. The summed E-state index contributed by atoms with van der Waals surface area (Å²) in [6.07, 6.45) is 0. The molecule has 2 nitrogen and oxygen atoms in total. The van der Waals surface area contributed by atoms with E-state index in [1.165, 1.54) is 12.1 Å². The van der Waals surface area contributed by atoms with Crippen molar-refractivity contribution >= 4 is 5.69 Å². The first-order valence-electron chi connectivity index (χ1n) is 5.73. The van der Waals surface area contributed by atoms with E-state index in [4.69, 9.17) is 4.74 Å². The van der Waals surface area contributed by atoms with Crippen molar-refractivity contribution in [2.24, 2.45) is 5.92 Å². The van der Waals surface area contributed by atoms with E-state index in [9.17, 15) is 4.39 Å². The highest BCUT2D eigenvalue weighted by Crippen LogP contribution is 2.26. The summed E-state index contributed by atoms with van der Waals surface area (Å²) in [7, 11) is 0. The second-order valence-corrected chi connectivity index (χ2v) is 4.25. The van der Waals surface area contributed by atoms with E-state index in [1.54, 1.807) is 6.07 Å². The van der Waals surface area contributed by atoms with Crippen LogP contribution >= 0.6 is 0 Å². The van der Waals surface area contributed by atoms with Crippen LogP contribution in [-0.4, -0.2) is 12.6 Å². The Balaban J connectivity index is 2.85. The van der Waals surface area contributed by atoms with Gasteiger partial charge in [0.15, 0.2) is 0 Å². The third-order valence-electron chi connectivity index (χ3n) is 2.63. The molecule has 0 saturated carbocycles. The van der Waals surface area contributed by atoms with Gasteiger partial charge in [0.25, 0.3) is 0 Å². The maximum absolute atomic E-state index is 13.1. The van der Waals surface area contributed by atoms with Crippen LogP contribution in [-0.2, 0) is 0 Å². The first-order valence-corrected chi connectivity index (χ1v) is 5.73. The Labute approximate surface area is 96.8 Å². The quantitative estimate of drug-likeness (QED) is 0.825. The van der Waals surface area contributed by atoms with Crippen LogP contribution in [0.1, 0.15) is 27.7 Å². The Morgan fingerprint density at radius 2 is 2.00 bits per heavy atom. The van der Waals surface area contributed by atoms with Crippen LogP contribution in [0.5, 0.6) is 5.75 Å². The number of anilines is 1. The van der Waals surface area contributed by atoms with Gasteiger partial charge >= 0.3 is 0 Å². The van der Waals surface area contributed by atoms with Gasteiger partial charge in [-0.15, -0.1) is 0 Å². The highest BCUT2D eigenvalue weighted by molar-refractivity contribution is 5.57. The molecule has 0 aliphatic carbocycles. The van der Waals surface area contributed by atoms with Crippen molar-refractivity contribution in [1.29, 1.82) is 0 Å². The van der Waals surface area contributed by atoms with Gasteiger partial charge in [-0.05, 0) is 31.9 Å². The molecule has 1 aromatic carbocycles. The molecular weight excluding hydrogens is 205 g/mol. The lowest BCUT2D eigenvalue weighted by Crippen LogP contribution is -2.21. The van der Waals surface area contributed by atoms with E-state index < -0.39 is 0 Å². The van der Waals surface area contributed by atoms with E-state index in [1.807, 2.05) is 6.92 Å². The first kappa shape index (κ1) is 12.8. The van der Waals surface area contributed by atoms with Crippen molar-refractivity contribution in [3.05, 3.63) is 24.0 Å². The molecule has 1 atom stereocenters. The van der Waals surface area contributed by atoms with Gasteiger partial charge in [0.05, 0.1) is 12.3 Å². The van der Waals surface area contributed by atoms with E-state index >= 15 is 0 Å². The standard InChI is InChI=1S/C13H20FNO/c1-5-16-13-8-11(14)6-7-12(13)15-10(4)9(2)3/h6-10,15H,5H2,1-4H3. The molecule has 3 heteroatoms. The summed E-state index contributed by atoms with van der Waals surface area (Å²) in [5, 5.41) is 3.33. The number of rotatable bonds is 5. The molecule has 0 spiro atoms. The third kappa shape index (κ3) is 3.40. The summed E-state index contributed by atoms with van der Waals surface area (Å²) >= 11 is 0. The zero-order valence-corrected chi connectivity index (χ0v) is 10.4. The SMILES string of the molecule is CCOc1cc(F)ccc1NC(C)C(C)C. The second kappa shape index (κ2) is 5.73. The molecule has 0 amide bonds. The molecule has 0 bridgehead atoms. The molecule has 0 saturated heterocycles. The Morgan fingerprint density at radius 1 is 1.31 bits per heavy atom. The third-order valence-corrected chi connectivity index (χ3v) is 2.63. The molecule has 16 heavy (non-hydrogen) atoms. The molecule has 0 heterocycles. The molecule has 1 aromatic rings. The van der Waals surface area contributed by atoms with Gasteiger partial charge in [-0.25, -0.2) is 4.39 Å². The van der Waals surface area contributed by atoms with Crippen LogP contribution in [0.2, 0.25) is 0 Å². The van der Waals surface area contributed by atoms with Crippen LogP contribution < -0.4 is 10.1 Å². The maximum Gasteiger partial charge on any atom is 0.145 e. The summed E-state index contributed by atoms with van der Waals surface area (Å²) < 4.78 is 18.5. The Morgan fingerprint density at radius 3 is 2.56 bits per heavy atom. The van der Waals surface area contributed by atoms with Crippen molar-refractivity contribution in [2.45, 2.75) is 33.7 Å². The van der Waals surface area contributed by atoms with Gasteiger partial charge in [-0.2, -0.15) is 0 Å². The van der Waals surface area contributed by atoms with Gasteiger partial charge < -0.3 is 10.1 Å². The van der Waals surface area contributed by atoms with E-state index in [-0.39, 0.29) is 5.82 Å². The summed E-state index contributed by atoms with van der Waals surface area (Å²) in [5.41, 5.74) is 0.851. The lowest BCUT2D eigenvalue weighted by Gasteiger charge is -2.20. The Bertz CT molecular complexity index is 339. The average molecular weight is 225 g/mol. The zero-order chi connectivity index (χ0) is 12.1. The van der Waals surface area contributed by atoms with Crippen molar-refractivity contribution in [1.82, 2.24) is 0 Å². The van der Waals surface area contributed by atoms with E-state index in [0.29, 0.717) is 24.3 Å². The van der Waals surface area contributed by atoms with Gasteiger partial charge in [0.2, 0.25) is 0 Å². The molecule has 1 rings (SSSR count). The summed E-state index contributed by atoms with van der Waals surface area (Å²) in [6.45, 7) is 8.81. The van der Waals surface area contributed by atoms with E-state index in [0.717, 1.165) is 5.69 Å². The average Bonchev–Trinajstić information content (AvgIpc) is 2.22. The largest absolute Gasteiger partial charge is 0.492 e. The monoisotopic (exact) mass is 225 g/mol. The summed E-state index contributed by atoms with van der Waals surface area (Å²) in [4.78, 5) is 0. The minimum atomic E-state index is -0.272. The van der Waals surface area contributed by atoms with Crippen molar-refractivity contribution < 1.29 is 9.13 Å². The minimum Gasteiger partial charge on any atom is -0.492 e. The maximum atomic E-state index is 13.1. The fourth-order valence-electron chi connectivity index (χ4n) is 1.30. The Hall–Kier alpha value is -1.25. The highest BCUT2D eigenvalue weighted by Gasteiger charge is 2.10. The highest BCUT2D eigenvalue weighted by atomic mass is 19.1. The number of benzene rings is 1. The van der Waals surface area contributed by atoms with E-state index in [2.05, 4.69) is 26.1 Å². The Kier molecular flexibility index (Phi) is 4.59. The topological polar surface area (TPSA) is 21.3 Å². The van der Waals surface area contributed by atoms with Crippen LogP contribution in [0, 0.1) is 11.7 Å². The van der Waals surface area contributed by atoms with Crippen molar-refractivity contribution in [3.8, 4) is 5.75 Å². The van der Waals surface area contributed by atoms with Crippen LogP contribution in [0.25, 0.3) is 0 Å². The molecule has 1 N–H and O–H groups in total. The van der Waals surface area contributed by atoms with Gasteiger partial charge in [-0.1, -0.05) is 13.8 Å². The second-order valence-electron chi connectivity index (χ2n) is 4.25. The number of hydrogen-bond acceptors (Lipinski definition) is 2. The molecule has 0 fully saturated rings. The van der Waals surface area contributed by atoms with Crippen LogP contribution in [0.4, 0.5) is 10.1 Å². The molecule has 1 unspecified atom stereocenters. The molecule has 0 aromatic heterocycles. The lowest BCUT2D eigenvalue weighted by molar-refractivity contribution is 0.339. The first-order chi connectivity index (χ1) is 7.54. The fraction of sp³-hybridized carbons (Fsp3) is 0.538. The molecule has 90 valence electrons. The van der Waals surface area contributed by atoms with Crippen LogP contribution in [0.3, 0.4) is 0 Å². The van der Waals surface area contributed by atoms with Crippen molar-refractivity contribution in [3.63, 3.8) is 0 Å². The van der Waals surface area contributed by atoms with Crippen LogP contribution in [0.15, 0.2) is 18.2 Å². The summed E-state index contributed by atoms with van der Waals surface area (Å²) in [6, 6.07) is 4.90. The van der Waals surface area contributed by atoms with Gasteiger partial charge in [0, 0.05) is 12.1 Å². The number of hydrogen-bond donors (Lipinski definition) is 1. The predicted molar refractivity (Wildman–Crippen MR) is 65.5 cm³/mol. The molecule has 0 aliphatic heterocycles. The molecular formula is C13H20FNO. The lowest BCUT2D eigenvalue weighted by atomic mass is 10.1. The number of ether oxygens (including phenoxy) is 1. The molecule has 0 aliphatic rings. The number of halogens is 1.